The van der Waals surface area contributed by atoms with Gasteiger partial charge >= 0.3 is 0 Å². The zero-order valence-corrected chi connectivity index (χ0v) is 10.5. The second kappa shape index (κ2) is 7.45. The fourth-order valence-electron chi connectivity index (χ4n) is 1.67. The summed E-state index contributed by atoms with van der Waals surface area (Å²) in [6, 6.07) is 7.23. The Hall–Kier alpha value is -0.870. The van der Waals surface area contributed by atoms with Gasteiger partial charge in [-0.2, -0.15) is 0 Å². The van der Waals surface area contributed by atoms with Crippen LogP contribution in [0.1, 0.15) is 11.7 Å². The zero-order chi connectivity index (χ0) is 12.7. The molecule has 94 valence electrons. The van der Waals surface area contributed by atoms with Crippen molar-refractivity contribution >= 4 is 11.6 Å². The van der Waals surface area contributed by atoms with Crippen LogP contribution in [0, 0.1) is 0 Å². The van der Waals surface area contributed by atoms with Crippen LogP contribution in [0.5, 0.6) is 0 Å². The van der Waals surface area contributed by atoms with Crippen molar-refractivity contribution < 1.29 is 10.2 Å². The van der Waals surface area contributed by atoms with Crippen molar-refractivity contribution in [3.8, 4) is 0 Å². The van der Waals surface area contributed by atoms with Crippen molar-refractivity contribution in [1.82, 2.24) is 4.90 Å². The third-order valence-corrected chi connectivity index (χ3v) is 2.84. The molecule has 1 aromatic carbocycles. The van der Waals surface area contributed by atoms with E-state index < -0.39 is 6.10 Å². The van der Waals surface area contributed by atoms with Crippen LogP contribution in [0.15, 0.2) is 36.9 Å². The number of benzene rings is 1. The average Bonchev–Trinajstić information content (AvgIpc) is 2.30. The van der Waals surface area contributed by atoms with Crippen LogP contribution < -0.4 is 0 Å². The molecule has 0 aromatic heterocycles. The Labute approximate surface area is 107 Å². The van der Waals surface area contributed by atoms with E-state index in [2.05, 4.69) is 6.58 Å². The SMILES string of the molecule is C=CCN(CCO)CC(O)c1ccccc1Cl. The van der Waals surface area contributed by atoms with E-state index in [4.69, 9.17) is 16.7 Å². The molecule has 0 bridgehead atoms. The fraction of sp³-hybridized carbons (Fsp3) is 0.385. The number of hydrogen-bond donors (Lipinski definition) is 2. The molecule has 0 radical (unpaired) electrons. The van der Waals surface area contributed by atoms with E-state index in [1.807, 2.05) is 17.0 Å². The smallest absolute Gasteiger partial charge is 0.0931 e. The molecule has 1 rings (SSSR count). The van der Waals surface area contributed by atoms with Gasteiger partial charge in [0, 0.05) is 30.2 Å². The van der Waals surface area contributed by atoms with Crippen molar-refractivity contribution in [2.24, 2.45) is 0 Å². The number of hydrogen-bond acceptors (Lipinski definition) is 3. The average molecular weight is 256 g/mol. The molecular formula is C13H18ClNO2. The van der Waals surface area contributed by atoms with Crippen LogP contribution in [0.2, 0.25) is 5.02 Å². The minimum Gasteiger partial charge on any atom is -0.395 e. The lowest BCUT2D eigenvalue weighted by molar-refractivity contribution is 0.107. The maximum atomic E-state index is 10.1. The van der Waals surface area contributed by atoms with E-state index in [0.29, 0.717) is 30.2 Å². The Morgan fingerprint density at radius 1 is 1.41 bits per heavy atom. The summed E-state index contributed by atoms with van der Waals surface area (Å²) in [6.07, 6.45) is 1.09. The molecule has 0 aliphatic carbocycles. The fourth-order valence-corrected chi connectivity index (χ4v) is 1.93. The number of rotatable bonds is 7. The second-order valence-corrected chi connectivity index (χ2v) is 4.22. The van der Waals surface area contributed by atoms with Crippen LogP contribution in [0.3, 0.4) is 0 Å². The van der Waals surface area contributed by atoms with Gasteiger partial charge < -0.3 is 10.2 Å². The summed E-state index contributed by atoms with van der Waals surface area (Å²) in [5.74, 6) is 0. The van der Waals surface area contributed by atoms with Crippen LogP contribution in [0.25, 0.3) is 0 Å². The molecule has 2 N–H and O–H groups in total. The second-order valence-electron chi connectivity index (χ2n) is 3.81. The van der Waals surface area contributed by atoms with Gasteiger partial charge in [-0.1, -0.05) is 35.9 Å². The Bertz CT molecular complexity index is 357. The molecule has 4 heteroatoms. The molecule has 3 nitrogen and oxygen atoms in total. The first-order valence-corrected chi connectivity index (χ1v) is 5.93. The summed E-state index contributed by atoms with van der Waals surface area (Å²) < 4.78 is 0. The number of nitrogens with zero attached hydrogens (tertiary/aromatic N) is 1. The molecule has 1 unspecified atom stereocenters. The summed E-state index contributed by atoms with van der Waals surface area (Å²) in [7, 11) is 0. The standard InChI is InChI=1S/C13H18ClNO2/c1-2-7-15(8-9-16)10-13(17)11-5-3-4-6-12(11)14/h2-6,13,16-17H,1,7-10H2. The molecule has 1 atom stereocenters. The predicted octanol–water partition coefficient (Wildman–Crippen LogP) is 1.85. The van der Waals surface area contributed by atoms with Gasteiger partial charge in [-0.3, -0.25) is 4.90 Å². The molecule has 0 aliphatic heterocycles. The predicted molar refractivity (Wildman–Crippen MR) is 70.1 cm³/mol. The van der Waals surface area contributed by atoms with E-state index >= 15 is 0 Å². The van der Waals surface area contributed by atoms with E-state index in [0.717, 1.165) is 0 Å². The molecule has 17 heavy (non-hydrogen) atoms. The minimum absolute atomic E-state index is 0.0586. The molecule has 0 spiro atoms. The first-order chi connectivity index (χ1) is 8.19. The Balaban J connectivity index is 2.66. The van der Waals surface area contributed by atoms with Crippen molar-refractivity contribution in [3.63, 3.8) is 0 Å². The Morgan fingerprint density at radius 3 is 2.71 bits per heavy atom. The normalized spacial score (nSPS) is 12.7. The summed E-state index contributed by atoms with van der Waals surface area (Å²) >= 11 is 6.01. The van der Waals surface area contributed by atoms with E-state index in [9.17, 15) is 5.11 Å². The molecule has 0 saturated heterocycles. The first kappa shape index (κ1) is 14.2. The molecule has 0 fully saturated rings. The van der Waals surface area contributed by atoms with E-state index in [1.165, 1.54) is 0 Å². The van der Waals surface area contributed by atoms with Crippen molar-refractivity contribution in [2.45, 2.75) is 6.10 Å². The van der Waals surface area contributed by atoms with Gasteiger partial charge in [0.2, 0.25) is 0 Å². The van der Waals surface area contributed by atoms with Gasteiger partial charge in [-0.05, 0) is 6.07 Å². The van der Waals surface area contributed by atoms with Gasteiger partial charge in [-0.25, -0.2) is 0 Å². The van der Waals surface area contributed by atoms with Crippen LogP contribution in [0.4, 0.5) is 0 Å². The lowest BCUT2D eigenvalue weighted by atomic mass is 10.1. The highest BCUT2D eigenvalue weighted by atomic mass is 35.5. The molecule has 0 saturated carbocycles. The third kappa shape index (κ3) is 4.48. The van der Waals surface area contributed by atoms with Gasteiger partial charge in [0.15, 0.2) is 0 Å². The maximum absolute atomic E-state index is 10.1. The lowest BCUT2D eigenvalue weighted by Crippen LogP contribution is -2.31. The van der Waals surface area contributed by atoms with E-state index in [1.54, 1.807) is 18.2 Å². The quantitative estimate of drug-likeness (QED) is 0.731. The van der Waals surface area contributed by atoms with Crippen LogP contribution >= 0.6 is 11.6 Å². The number of aliphatic hydroxyl groups is 2. The number of aliphatic hydroxyl groups excluding tert-OH is 2. The van der Waals surface area contributed by atoms with Gasteiger partial charge in [0.25, 0.3) is 0 Å². The lowest BCUT2D eigenvalue weighted by Gasteiger charge is -2.23. The van der Waals surface area contributed by atoms with Crippen LogP contribution in [-0.4, -0.2) is 41.4 Å². The summed E-state index contributed by atoms with van der Waals surface area (Å²) in [5.41, 5.74) is 0.709. The highest BCUT2D eigenvalue weighted by Gasteiger charge is 2.14. The maximum Gasteiger partial charge on any atom is 0.0931 e. The Morgan fingerprint density at radius 2 is 2.12 bits per heavy atom. The van der Waals surface area contributed by atoms with E-state index in [-0.39, 0.29) is 6.61 Å². The molecular weight excluding hydrogens is 238 g/mol. The summed E-state index contributed by atoms with van der Waals surface area (Å²) in [4.78, 5) is 1.92. The van der Waals surface area contributed by atoms with Crippen molar-refractivity contribution in [3.05, 3.63) is 47.5 Å². The highest BCUT2D eigenvalue weighted by Crippen LogP contribution is 2.23. The molecule has 0 aliphatic rings. The first-order valence-electron chi connectivity index (χ1n) is 5.55. The highest BCUT2D eigenvalue weighted by molar-refractivity contribution is 6.31. The molecule has 0 heterocycles. The molecule has 0 amide bonds. The van der Waals surface area contributed by atoms with Gasteiger partial charge in [0.1, 0.15) is 0 Å². The zero-order valence-electron chi connectivity index (χ0n) is 9.72. The topological polar surface area (TPSA) is 43.7 Å². The minimum atomic E-state index is -0.657. The van der Waals surface area contributed by atoms with Gasteiger partial charge in [0.05, 0.1) is 12.7 Å². The van der Waals surface area contributed by atoms with Gasteiger partial charge in [-0.15, -0.1) is 6.58 Å². The van der Waals surface area contributed by atoms with Crippen molar-refractivity contribution in [2.75, 3.05) is 26.2 Å². The largest absolute Gasteiger partial charge is 0.395 e. The van der Waals surface area contributed by atoms with Crippen LogP contribution in [-0.2, 0) is 0 Å². The monoisotopic (exact) mass is 255 g/mol. The third-order valence-electron chi connectivity index (χ3n) is 2.50. The summed E-state index contributed by atoms with van der Waals surface area (Å²) in [6.45, 7) is 5.27. The Kier molecular flexibility index (Phi) is 6.22. The van der Waals surface area contributed by atoms with Crippen molar-refractivity contribution in [1.29, 1.82) is 0 Å². The molecule has 1 aromatic rings. The summed E-state index contributed by atoms with van der Waals surface area (Å²) in [5, 5.41) is 19.6. The number of halogens is 1.